The predicted molar refractivity (Wildman–Crippen MR) is 95.2 cm³/mol. The summed E-state index contributed by atoms with van der Waals surface area (Å²) >= 11 is 6.14. The van der Waals surface area contributed by atoms with Gasteiger partial charge in [-0.3, -0.25) is 9.89 Å². The van der Waals surface area contributed by atoms with Crippen LogP contribution in [-0.4, -0.2) is 21.8 Å². The van der Waals surface area contributed by atoms with Crippen LogP contribution in [0.1, 0.15) is 23.0 Å². The smallest absolute Gasteiger partial charge is 0.272 e. The van der Waals surface area contributed by atoms with Crippen LogP contribution in [0.25, 0.3) is 11.3 Å². The van der Waals surface area contributed by atoms with Crippen LogP contribution in [0.15, 0.2) is 65.8 Å². The summed E-state index contributed by atoms with van der Waals surface area (Å²) in [5.41, 5.74) is 5.87. The van der Waals surface area contributed by atoms with E-state index in [9.17, 15) is 4.79 Å². The molecule has 0 bridgehead atoms. The minimum absolute atomic E-state index is 0.314. The highest BCUT2D eigenvalue weighted by molar-refractivity contribution is 6.33. The second-order valence-electron chi connectivity index (χ2n) is 5.15. The third kappa shape index (κ3) is 3.52. The van der Waals surface area contributed by atoms with Crippen molar-refractivity contribution in [2.24, 2.45) is 5.10 Å². The normalized spacial score (nSPS) is 11.3. The van der Waals surface area contributed by atoms with Crippen LogP contribution in [0.3, 0.4) is 0 Å². The van der Waals surface area contributed by atoms with Crippen LogP contribution >= 0.6 is 11.6 Å². The van der Waals surface area contributed by atoms with E-state index in [0.29, 0.717) is 16.4 Å². The van der Waals surface area contributed by atoms with E-state index in [4.69, 9.17) is 11.6 Å². The number of hydrazone groups is 1. The third-order valence-corrected chi connectivity index (χ3v) is 3.82. The number of H-pyrrole nitrogens is 1. The first-order chi connectivity index (χ1) is 11.6. The number of hydrogen-bond acceptors (Lipinski definition) is 3. The van der Waals surface area contributed by atoms with Gasteiger partial charge in [0.25, 0.3) is 5.91 Å². The topological polar surface area (TPSA) is 70.1 Å². The molecule has 0 saturated carbocycles. The third-order valence-electron chi connectivity index (χ3n) is 3.49. The maximum atomic E-state index is 12.2. The lowest BCUT2D eigenvalue weighted by Gasteiger charge is -2.01. The molecule has 24 heavy (non-hydrogen) atoms. The molecular weight excluding hydrogens is 324 g/mol. The number of aromatic amines is 1. The zero-order valence-corrected chi connectivity index (χ0v) is 13.7. The molecule has 1 heterocycles. The molecule has 120 valence electrons. The molecule has 3 rings (SSSR count). The number of amides is 1. The van der Waals surface area contributed by atoms with Gasteiger partial charge in [0.2, 0.25) is 0 Å². The molecule has 0 saturated heterocycles. The van der Waals surface area contributed by atoms with Crippen molar-refractivity contribution in [1.29, 1.82) is 0 Å². The fraction of sp³-hybridized carbons (Fsp3) is 0.0556. The molecule has 0 atom stereocenters. The Morgan fingerprint density at radius 3 is 2.58 bits per heavy atom. The first-order valence-electron chi connectivity index (χ1n) is 7.35. The summed E-state index contributed by atoms with van der Waals surface area (Å²) in [5, 5.41) is 11.5. The molecule has 0 aliphatic heterocycles. The van der Waals surface area contributed by atoms with Crippen LogP contribution in [0.2, 0.25) is 5.02 Å². The second kappa shape index (κ2) is 7.10. The number of hydrogen-bond donors (Lipinski definition) is 2. The van der Waals surface area contributed by atoms with Crippen molar-refractivity contribution in [3.05, 3.63) is 76.9 Å². The molecule has 5 nitrogen and oxygen atoms in total. The van der Waals surface area contributed by atoms with Crippen molar-refractivity contribution in [3.63, 3.8) is 0 Å². The Kier molecular flexibility index (Phi) is 4.72. The molecule has 1 amide bonds. The molecule has 0 spiro atoms. The number of nitrogens with zero attached hydrogens (tertiary/aromatic N) is 2. The summed E-state index contributed by atoms with van der Waals surface area (Å²) in [7, 11) is 0. The van der Waals surface area contributed by atoms with E-state index < -0.39 is 0 Å². The number of rotatable bonds is 4. The summed E-state index contributed by atoms with van der Waals surface area (Å²) in [6.45, 7) is 1.83. The highest BCUT2D eigenvalue weighted by Crippen LogP contribution is 2.26. The first-order valence-corrected chi connectivity index (χ1v) is 7.73. The Hall–Kier alpha value is -2.92. The number of carbonyl (C=O) groups excluding carboxylic acids is 1. The van der Waals surface area contributed by atoms with Crippen molar-refractivity contribution < 1.29 is 4.79 Å². The summed E-state index contributed by atoms with van der Waals surface area (Å²) in [6, 6.07) is 18.6. The molecule has 1 aromatic heterocycles. The van der Waals surface area contributed by atoms with Crippen LogP contribution in [0, 0.1) is 0 Å². The van der Waals surface area contributed by atoms with Gasteiger partial charge < -0.3 is 0 Å². The number of benzene rings is 2. The summed E-state index contributed by atoms with van der Waals surface area (Å²) < 4.78 is 0. The van der Waals surface area contributed by atoms with Gasteiger partial charge >= 0.3 is 0 Å². The molecule has 0 fully saturated rings. The summed E-state index contributed by atoms with van der Waals surface area (Å²) in [6.07, 6.45) is 0. The van der Waals surface area contributed by atoms with Crippen LogP contribution < -0.4 is 5.43 Å². The van der Waals surface area contributed by atoms with E-state index >= 15 is 0 Å². The minimum atomic E-state index is -0.365. The second-order valence-corrected chi connectivity index (χ2v) is 5.56. The van der Waals surface area contributed by atoms with Crippen molar-refractivity contribution in [3.8, 4) is 11.3 Å². The highest BCUT2D eigenvalue weighted by Gasteiger charge is 2.12. The van der Waals surface area contributed by atoms with Gasteiger partial charge in [-0.15, -0.1) is 0 Å². The van der Waals surface area contributed by atoms with Gasteiger partial charge in [-0.25, -0.2) is 5.43 Å². The molecule has 6 heteroatoms. The molecule has 0 unspecified atom stereocenters. The van der Waals surface area contributed by atoms with Crippen molar-refractivity contribution in [2.75, 3.05) is 0 Å². The molecule has 2 N–H and O–H groups in total. The fourth-order valence-electron chi connectivity index (χ4n) is 2.18. The van der Waals surface area contributed by atoms with Crippen LogP contribution in [0.5, 0.6) is 0 Å². The quantitative estimate of drug-likeness (QED) is 0.559. The van der Waals surface area contributed by atoms with Gasteiger partial charge in [0.15, 0.2) is 0 Å². The maximum absolute atomic E-state index is 12.2. The van der Waals surface area contributed by atoms with Crippen molar-refractivity contribution in [1.82, 2.24) is 15.6 Å². The monoisotopic (exact) mass is 338 g/mol. The highest BCUT2D eigenvalue weighted by atomic mass is 35.5. The number of halogens is 1. The van der Waals surface area contributed by atoms with E-state index in [-0.39, 0.29) is 5.91 Å². The Morgan fingerprint density at radius 1 is 1.12 bits per heavy atom. The zero-order chi connectivity index (χ0) is 16.9. The fourth-order valence-corrected chi connectivity index (χ4v) is 2.42. The average Bonchev–Trinajstić information content (AvgIpc) is 3.10. The van der Waals surface area contributed by atoms with E-state index in [0.717, 1.165) is 16.8 Å². The maximum Gasteiger partial charge on any atom is 0.289 e. The van der Waals surface area contributed by atoms with Gasteiger partial charge in [0.1, 0.15) is 5.69 Å². The van der Waals surface area contributed by atoms with Crippen LogP contribution in [0.4, 0.5) is 0 Å². The lowest BCUT2D eigenvalue weighted by molar-refractivity contribution is 0.0950. The Balaban J connectivity index is 1.74. The molecular formula is C18H15ClN4O. The van der Waals surface area contributed by atoms with Crippen molar-refractivity contribution >= 4 is 23.2 Å². The number of nitrogens with one attached hydrogen (secondary N) is 2. The Bertz CT molecular complexity index is 887. The van der Waals surface area contributed by atoms with Gasteiger partial charge in [0.05, 0.1) is 16.4 Å². The molecule has 0 aliphatic rings. The van der Waals surface area contributed by atoms with Crippen LogP contribution in [-0.2, 0) is 0 Å². The minimum Gasteiger partial charge on any atom is -0.272 e. The van der Waals surface area contributed by atoms with Gasteiger partial charge in [0, 0.05) is 5.56 Å². The molecule has 0 radical (unpaired) electrons. The molecule has 2 aromatic carbocycles. The van der Waals surface area contributed by atoms with E-state index in [1.165, 1.54) is 0 Å². The van der Waals surface area contributed by atoms with Gasteiger partial charge in [-0.2, -0.15) is 10.2 Å². The summed E-state index contributed by atoms with van der Waals surface area (Å²) in [5.74, 6) is -0.365. The molecule has 0 aliphatic carbocycles. The van der Waals surface area contributed by atoms with E-state index in [1.807, 2.05) is 55.5 Å². The zero-order valence-electron chi connectivity index (χ0n) is 13.0. The standard InChI is InChI=1S/C18H15ClN4O/c1-12(13-7-3-2-4-8-13)20-23-18(24)17-11-16(21-22-17)14-9-5-6-10-15(14)19/h2-11H,1H3,(H,21,22)(H,23,24). The first kappa shape index (κ1) is 16.0. The summed E-state index contributed by atoms with van der Waals surface area (Å²) in [4.78, 5) is 12.2. The SMILES string of the molecule is CC(=NNC(=O)c1cc(-c2ccccc2Cl)n[nH]1)c1ccccc1. The Labute approximate surface area is 144 Å². The Morgan fingerprint density at radius 2 is 1.83 bits per heavy atom. The predicted octanol–water partition coefficient (Wildman–Crippen LogP) is 3.88. The molecule has 3 aromatic rings. The van der Waals surface area contributed by atoms with Crippen molar-refractivity contribution in [2.45, 2.75) is 6.92 Å². The number of carbonyl (C=O) groups is 1. The van der Waals surface area contributed by atoms with E-state index in [1.54, 1.807) is 12.1 Å². The van der Waals surface area contributed by atoms with Gasteiger partial charge in [-0.1, -0.05) is 60.1 Å². The average molecular weight is 339 g/mol. The lowest BCUT2D eigenvalue weighted by atomic mass is 10.1. The largest absolute Gasteiger partial charge is 0.289 e. The lowest BCUT2D eigenvalue weighted by Crippen LogP contribution is -2.19. The number of aromatic nitrogens is 2. The van der Waals surface area contributed by atoms with E-state index in [2.05, 4.69) is 20.7 Å². The van der Waals surface area contributed by atoms with Gasteiger partial charge in [-0.05, 0) is 24.6 Å².